The molecule has 1 aromatic carbocycles. The average molecular weight is 419 g/mol. The Balaban J connectivity index is 1.51. The van der Waals surface area contributed by atoms with E-state index >= 15 is 0 Å². The first-order chi connectivity index (χ1) is 13.1. The first-order valence-corrected chi connectivity index (χ1v) is 10.4. The third-order valence-corrected chi connectivity index (χ3v) is 6.72. The van der Waals surface area contributed by atoms with E-state index in [0.29, 0.717) is 31.4 Å². The third kappa shape index (κ3) is 2.98. The number of benzene rings is 1. The highest BCUT2D eigenvalue weighted by atomic mass is 35.5. The highest BCUT2D eigenvalue weighted by Crippen LogP contribution is 2.40. The van der Waals surface area contributed by atoms with Crippen LogP contribution in [0, 0.1) is 0 Å². The number of pyridine rings is 1. The van der Waals surface area contributed by atoms with Gasteiger partial charge in [0.2, 0.25) is 6.79 Å². The number of hydrogen-bond acceptors (Lipinski definition) is 6. The van der Waals surface area contributed by atoms with Crippen molar-refractivity contribution in [3.8, 4) is 11.5 Å². The minimum atomic E-state index is -0.0289. The quantitative estimate of drug-likeness (QED) is 0.398. The lowest BCUT2D eigenvalue weighted by molar-refractivity contribution is -0.123. The molecule has 1 saturated carbocycles. The van der Waals surface area contributed by atoms with Gasteiger partial charge in [-0.2, -0.15) is 0 Å². The summed E-state index contributed by atoms with van der Waals surface area (Å²) in [7, 11) is 0. The number of hydrogen-bond donors (Lipinski definition) is 0. The predicted octanol–water partition coefficient (Wildman–Crippen LogP) is 4.76. The summed E-state index contributed by atoms with van der Waals surface area (Å²) >= 11 is 13.2. The molecule has 1 aliphatic carbocycles. The SMILES string of the molecule is O=C1/C(=C\c2cc3cc4c(cc3nc2Cl)OCO4)SC(=S)N1C1CCCC1. The van der Waals surface area contributed by atoms with Gasteiger partial charge in [0.25, 0.3) is 5.91 Å². The fraction of sp³-hybridized carbons (Fsp3) is 0.316. The Morgan fingerprint density at radius 2 is 1.96 bits per heavy atom. The van der Waals surface area contributed by atoms with E-state index in [9.17, 15) is 4.79 Å². The number of amides is 1. The average Bonchev–Trinajstić information content (AvgIpc) is 3.35. The number of thiocarbonyl (C=S) groups is 1. The van der Waals surface area contributed by atoms with E-state index in [1.54, 1.807) is 11.0 Å². The predicted molar refractivity (Wildman–Crippen MR) is 110 cm³/mol. The molecule has 8 heteroatoms. The van der Waals surface area contributed by atoms with Gasteiger partial charge in [-0.3, -0.25) is 9.69 Å². The molecule has 138 valence electrons. The molecule has 0 spiro atoms. The molecule has 2 aliphatic heterocycles. The van der Waals surface area contributed by atoms with Gasteiger partial charge in [0.05, 0.1) is 10.4 Å². The van der Waals surface area contributed by atoms with Crippen LogP contribution in [0.25, 0.3) is 17.0 Å². The van der Waals surface area contributed by atoms with Crippen LogP contribution in [-0.2, 0) is 4.79 Å². The van der Waals surface area contributed by atoms with Crippen LogP contribution in [0.2, 0.25) is 5.15 Å². The van der Waals surface area contributed by atoms with Gasteiger partial charge in [-0.05, 0) is 31.1 Å². The molecule has 0 radical (unpaired) electrons. The van der Waals surface area contributed by atoms with Crippen LogP contribution in [0.15, 0.2) is 23.1 Å². The van der Waals surface area contributed by atoms with E-state index in [1.807, 2.05) is 18.2 Å². The van der Waals surface area contributed by atoms with E-state index in [1.165, 1.54) is 11.8 Å². The Bertz CT molecular complexity index is 1020. The number of ether oxygens (including phenoxy) is 2. The molecular weight excluding hydrogens is 404 g/mol. The topological polar surface area (TPSA) is 51.7 Å². The molecule has 1 saturated heterocycles. The maximum absolute atomic E-state index is 12.9. The molecule has 1 amide bonds. The Morgan fingerprint density at radius 3 is 2.74 bits per heavy atom. The Labute approximate surface area is 170 Å². The second-order valence-corrected chi connectivity index (χ2v) is 8.79. The van der Waals surface area contributed by atoms with E-state index in [-0.39, 0.29) is 18.7 Å². The standard InChI is InChI=1S/C19H15ClN2O3S2/c20-17-11(5-10-6-14-15(25-9-24-14)8-13(10)21-17)7-16-18(23)22(19(26)27-16)12-3-1-2-4-12/h5-8,12H,1-4,9H2/b16-7+. The van der Waals surface area contributed by atoms with Crippen LogP contribution in [-0.4, -0.2) is 32.9 Å². The molecule has 0 unspecified atom stereocenters. The lowest BCUT2D eigenvalue weighted by Crippen LogP contribution is -2.36. The van der Waals surface area contributed by atoms with Crippen molar-refractivity contribution in [1.29, 1.82) is 0 Å². The normalized spacial score (nSPS) is 21.2. The van der Waals surface area contributed by atoms with Gasteiger partial charge in [0, 0.05) is 23.1 Å². The van der Waals surface area contributed by atoms with Crippen molar-refractivity contribution < 1.29 is 14.3 Å². The zero-order valence-corrected chi connectivity index (χ0v) is 16.6. The molecule has 1 aromatic heterocycles. The van der Waals surface area contributed by atoms with Crippen molar-refractivity contribution in [2.45, 2.75) is 31.7 Å². The van der Waals surface area contributed by atoms with Gasteiger partial charge in [-0.25, -0.2) is 4.98 Å². The molecular formula is C19H15ClN2O3S2. The van der Waals surface area contributed by atoms with Gasteiger partial charge in [0.15, 0.2) is 11.5 Å². The van der Waals surface area contributed by atoms with Gasteiger partial charge >= 0.3 is 0 Å². The van der Waals surface area contributed by atoms with Crippen molar-refractivity contribution >= 4 is 62.8 Å². The summed E-state index contributed by atoms with van der Waals surface area (Å²) in [6, 6.07) is 5.83. The summed E-state index contributed by atoms with van der Waals surface area (Å²) in [5.41, 5.74) is 1.41. The summed E-state index contributed by atoms with van der Waals surface area (Å²) in [5.74, 6) is 1.32. The first-order valence-electron chi connectivity index (χ1n) is 8.77. The number of thioether (sulfide) groups is 1. The Hall–Kier alpha value is -1.83. The smallest absolute Gasteiger partial charge is 0.266 e. The summed E-state index contributed by atoms with van der Waals surface area (Å²) in [4.78, 5) is 19.7. The molecule has 0 N–H and O–H groups in total. The molecule has 27 heavy (non-hydrogen) atoms. The lowest BCUT2D eigenvalue weighted by atomic mass is 10.1. The molecule has 0 bridgehead atoms. The van der Waals surface area contributed by atoms with Gasteiger partial charge in [-0.15, -0.1) is 0 Å². The monoisotopic (exact) mass is 418 g/mol. The highest BCUT2D eigenvalue weighted by molar-refractivity contribution is 8.26. The molecule has 3 heterocycles. The van der Waals surface area contributed by atoms with Crippen molar-refractivity contribution in [3.63, 3.8) is 0 Å². The second-order valence-electron chi connectivity index (χ2n) is 6.76. The maximum Gasteiger partial charge on any atom is 0.266 e. The Kier molecular flexibility index (Phi) is 4.26. The van der Waals surface area contributed by atoms with Gasteiger partial charge in [0.1, 0.15) is 9.47 Å². The molecule has 0 atom stereocenters. The van der Waals surface area contributed by atoms with Crippen LogP contribution < -0.4 is 9.47 Å². The molecule has 3 aliphatic rings. The van der Waals surface area contributed by atoms with Crippen LogP contribution >= 0.6 is 35.6 Å². The van der Waals surface area contributed by atoms with E-state index in [2.05, 4.69) is 4.98 Å². The van der Waals surface area contributed by atoms with Crippen molar-refractivity contribution in [2.24, 2.45) is 0 Å². The van der Waals surface area contributed by atoms with Crippen LogP contribution in [0.1, 0.15) is 31.2 Å². The van der Waals surface area contributed by atoms with Gasteiger partial charge in [-0.1, -0.05) is 48.4 Å². The van der Waals surface area contributed by atoms with Gasteiger partial charge < -0.3 is 9.47 Å². The minimum absolute atomic E-state index is 0.0289. The molecule has 2 aromatic rings. The summed E-state index contributed by atoms with van der Waals surface area (Å²) in [6.07, 6.45) is 6.12. The number of carbonyl (C=O) groups is 1. The van der Waals surface area contributed by atoms with Crippen molar-refractivity contribution in [3.05, 3.63) is 33.8 Å². The largest absolute Gasteiger partial charge is 0.454 e. The molecule has 5 nitrogen and oxygen atoms in total. The number of halogens is 1. The van der Waals surface area contributed by atoms with Crippen molar-refractivity contribution in [1.82, 2.24) is 9.88 Å². The number of nitrogens with zero attached hydrogens (tertiary/aromatic N) is 2. The highest BCUT2D eigenvalue weighted by Gasteiger charge is 2.38. The summed E-state index contributed by atoms with van der Waals surface area (Å²) < 4.78 is 11.4. The van der Waals surface area contributed by atoms with E-state index < -0.39 is 0 Å². The number of fused-ring (bicyclic) bond motifs is 2. The lowest BCUT2D eigenvalue weighted by Gasteiger charge is -2.21. The zero-order valence-electron chi connectivity index (χ0n) is 14.2. The fourth-order valence-corrected chi connectivity index (χ4v) is 5.35. The van der Waals surface area contributed by atoms with Crippen LogP contribution in [0.3, 0.4) is 0 Å². The minimum Gasteiger partial charge on any atom is -0.454 e. The van der Waals surface area contributed by atoms with Crippen molar-refractivity contribution in [2.75, 3.05) is 6.79 Å². The maximum atomic E-state index is 12.9. The first kappa shape index (κ1) is 17.3. The van der Waals surface area contributed by atoms with Crippen LogP contribution in [0.5, 0.6) is 11.5 Å². The zero-order chi connectivity index (χ0) is 18.5. The number of aromatic nitrogens is 1. The fourth-order valence-electron chi connectivity index (χ4n) is 3.76. The Morgan fingerprint density at radius 1 is 1.22 bits per heavy atom. The molecule has 2 fully saturated rings. The van der Waals surface area contributed by atoms with E-state index in [0.717, 1.165) is 36.6 Å². The molecule has 5 rings (SSSR count). The van der Waals surface area contributed by atoms with Crippen LogP contribution in [0.4, 0.5) is 0 Å². The second kappa shape index (κ2) is 6.65. The third-order valence-electron chi connectivity index (χ3n) is 5.09. The number of carbonyl (C=O) groups excluding carboxylic acids is 1. The number of rotatable bonds is 2. The summed E-state index contributed by atoms with van der Waals surface area (Å²) in [5, 5.41) is 1.22. The van der Waals surface area contributed by atoms with E-state index in [4.69, 9.17) is 33.3 Å². The summed E-state index contributed by atoms with van der Waals surface area (Å²) in [6.45, 7) is 0.204.